The van der Waals surface area contributed by atoms with Crippen molar-refractivity contribution in [2.45, 2.75) is 38.4 Å². The number of hydrogen-bond acceptors (Lipinski definition) is 5. The number of likely N-dealkylation sites (tertiary alicyclic amines) is 1. The zero-order chi connectivity index (χ0) is 15.6. The summed E-state index contributed by atoms with van der Waals surface area (Å²) in [5, 5.41) is 21.3. The molecule has 1 aliphatic heterocycles. The molecule has 2 aromatic rings. The zero-order valence-corrected chi connectivity index (χ0v) is 12.5. The highest BCUT2D eigenvalue weighted by atomic mass is 16.4. The lowest BCUT2D eigenvalue weighted by Gasteiger charge is -2.30. The van der Waals surface area contributed by atoms with Gasteiger partial charge in [0.1, 0.15) is 5.54 Å². The van der Waals surface area contributed by atoms with Crippen LogP contribution in [0.2, 0.25) is 0 Å². The number of aromatic nitrogens is 4. The van der Waals surface area contributed by atoms with Crippen LogP contribution in [0, 0.1) is 0 Å². The van der Waals surface area contributed by atoms with Gasteiger partial charge in [-0.05, 0) is 42.3 Å². The molecule has 1 aromatic heterocycles. The number of carboxylic acids is 1. The Labute approximate surface area is 128 Å². The summed E-state index contributed by atoms with van der Waals surface area (Å²) in [6, 6.07) is 9.94. The summed E-state index contributed by atoms with van der Waals surface area (Å²) in [7, 11) is 0. The number of aliphatic carboxylic acids is 1. The molecule has 1 aromatic carbocycles. The summed E-state index contributed by atoms with van der Waals surface area (Å²) in [6.07, 6.45) is 1.53. The second kappa shape index (κ2) is 5.84. The molecule has 1 aliphatic rings. The van der Waals surface area contributed by atoms with Crippen molar-refractivity contribution in [1.29, 1.82) is 0 Å². The molecule has 7 heteroatoms. The van der Waals surface area contributed by atoms with Gasteiger partial charge in [-0.25, -0.2) is 4.68 Å². The molecule has 116 valence electrons. The van der Waals surface area contributed by atoms with Gasteiger partial charge in [0.25, 0.3) is 0 Å². The third kappa shape index (κ3) is 2.71. The van der Waals surface area contributed by atoms with Crippen LogP contribution in [0.3, 0.4) is 0 Å². The molecular weight excluding hydrogens is 282 g/mol. The van der Waals surface area contributed by atoms with Gasteiger partial charge in [0.15, 0.2) is 5.82 Å². The fourth-order valence-corrected chi connectivity index (χ4v) is 2.90. The van der Waals surface area contributed by atoms with Crippen molar-refractivity contribution in [2.75, 3.05) is 6.54 Å². The van der Waals surface area contributed by atoms with E-state index in [2.05, 4.69) is 15.5 Å². The van der Waals surface area contributed by atoms with E-state index in [1.807, 2.05) is 35.2 Å². The number of hydrogen-bond donors (Lipinski definition) is 1. The van der Waals surface area contributed by atoms with Crippen LogP contribution in [-0.4, -0.2) is 48.3 Å². The van der Waals surface area contributed by atoms with Crippen molar-refractivity contribution in [3.8, 4) is 0 Å². The molecule has 0 radical (unpaired) electrons. The van der Waals surface area contributed by atoms with Gasteiger partial charge in [-0.15, -0.1) is 5.10 Å². The lowest BCUT2D eigenvalue weighted by Crippen LogP contribution is -2.47. The number of nitrogens with zero attached hydrogens (tertiary/aromatic N) is 5. The van der Waals surface area contributed by atoms with Crippen LogP contribution in [0.1, 0.15) is 31.2 Å². The van der Waals surface area contributed by atoms with Gasteiger partial charge in [-0.3, -0.25) is 9.69 Å². The van der Waals surface area contributed by atoms with Crippen LogP contribution in [0.5, 0.6) is 0 Å². The smallest absolute Gasteiger partial charge is 0.323 e. The molecule has 7 nitrogen and oxygen atoms in total. The second-order valence-corrected chi connectivity index (χ2v) is 5.84. The van der Waals surface area contributed by atoms with E-state index >= 15 is 0 Å². The molecule has 1 saturated heterocycles. The summed E-state index contributed by atoms with van der Waals surface area (Å²) in [4.78, 5) is 13.5. The Morgan fingerprint density at radius 2 is 2.09 bits per heavy atom. The quantitative estimate of drug-likeness (QED) is 0.892. The highest BCUT2D eigenvalue weighted by molar-refractivity contribution is 5.78. The third-order valence-corrected chi connectivity index (χ3v) is 4.36. The van der Waals surface area contributed by atoms with Crippen LogP contribution in [0.25, 0.3) is 0 Å². The lowest BCUT2D eigenvalue weighted by molar-refractivity contribution is -0.149. The summed E-state index contributed by atoms with van der Waals surface area (Å²) in [5.41, 5.74) is 0.280. The SMILES string of the molecule is CC1(C(=O)O)CCCN1Cc1nnnn1Cc1ccccc1. The van der Waals surface area contributed by atoms with Gasteiger partial charge in [0.05, 0.1) is 13.1 Å². The average Bonchev–Trinajstić information content (AvgIpc) is 3.09. The van der Waals surface area contributed by atoms with E-state index < -0.39 is 11.5 Å². The van der Waals surface area contributed by atoms with Crippen LogP contribution >= 0.6 is 0 Å². The Balaban J connectivity index is 1.77. The molecule has 22 heavy (non-hydrogen) atoms. The summed E-state index contributed by atoms with van der Waals surface area (Å²) in [5.74, 6) is -0.0923. The second-order valence-electron chi connectivity index (χ2n) is 5.84. The van der Waals surface area contributed by atoms with Gasteiger partial charge in [0, 0.05) is 0 Å². The first-order valence-corrected chi connectivity index (χ1v) is 7.37. The zero-order valence-electron chi connectivity index (χ0n) is 12.5. The minimum absolute atomic E-state index is 0.447. The Hall–Kier alpha value is -2.28. The predicted octanol–water partition coefficient (Wildman–Crippen LogP) is 1.16. The van der Waals surface area contributed by atoms with Crippen molar-refractivity contribution in [3.63, 3.8) is 0 Å². The van der Waals surface area contributed by atoms with Crippen LogP contribution in [-0.2, 0) is 17.9 Å². The van der Waals surface area contributed by atoms with Gasteiger partial charge in [0.2, 0.25) is 0 Å². The summed E-state index contributed by atoms with van der Waals surface area (Å²) >= 11 is 0. The molecule has 0 spiro atoms. The van der Waals surface area contributed by atoms with E-state index in [1.165, 1.54) is 0 Å². The van der Waals surface area contributed by atoms with Crippen LogP contribution in [0.15, 0.2) is 30.3 Å². The van der Waals surface area contributed by atoms with E-state index in [0.717, 1.165) is 18.5 Å². The normalized spacial score (nSPS) is 22.0. The average molecular weight is 301 g/mol. The molecule has 2 heterocycles. The number of benzene rings is 1. The van der Waals surface area contributed by atoms with E-state index in [9.17, 15) is 9.90 Å². The van der Waals surface area contributed by atoms with Gasteiger partial charge in [-0.1, -0.05) is 30.3 Å². The van der Waals surface area contributed by atoms with Crippen molar-refractivity contribution < 1.29 is 9.90 Å². The maximum absolute atomic E-state index is 11.5. The maximum Gasteiger partial charge on any atom is 0.323 e. The standard InChI is InChI=1S/C15H19N5O2/c1-15(14(21)22)8-5-9-19(15)11-13-16-17-18-20(13)10-12-6-3-2-4-7-12/h2-4,6-7H,5,8-11H2,1H3,(H,21,22). The Morgan fingerprint density at radius 1 is 1.32 bits per heavy atom. The molecular formula is C15H19N5O2. The van der Waals surface area contributed by atoms with Crippen LogP contribution in [0.4, 0.5) is 0 Å². The molecule has 0 saturated carbocycles. The summed E-state index contributed by atoms with van der Waals surface area (Å²) in [6.45, 7) is 3.55. The number of carbonyl (C=O) groups is 1. The van der Waals surface area contributed by atoms with Crippen LogP contribution < -0.4 is 0 Å². The number of tetrazole rings is 1. The van der Waals surface area contributed by atoms with Gasteiger partial charge < -0.3 is 5.11 Å². The highest BCUT2D eigenvalue weighted by Crippen LogP contribution is 2.30. The van der Waals surface area contributed by atoms with E-state index in [1.54, 1.807) is 11.6 Å². The topological polar surface area (TPSA) is 84.1 Å². The minimum atomic E-state index is -0.830. The van der Waals surface area contributed by atoms with E-state index in [-0.39, 0.29) is 0 Å². The Morgan fingerprint density at radius 3 is 2.82 bits per heavy atom. The Kier molecular flexibility index (Phi) is 3.89. The first kappa shape index (κ1) is 14.6. The molecule has 3 rings (SSSR count). The van der Waals surface area contributed by atoms with Crippen molar-refractivity contribution in [1.82, 2.24) is 25.1 Å². The number of carboxylic acid groups (broad SMARTS) is 1. The largest absolute Gasteiger partial charge is 0.480 e. The van der Waals surface area contributed by atoms with Crippen molar-refractivity contribution in [2.24, 2.45) is 0 Å². The first-order valence-electron chi connectivity index (χ1n) is 7.37. The fraction of sp³-hybridized carbons (Fsp3) is 0.467. The Bertz CT molecular complexity index is 657. The van der Waals surface area contributed by atoms with Crippen molar-refractivity contribution >= 4 is 5.97 Å². The summed E-state index contributed by atoms with van der Waals surface area (Å²) < 4.78 is 1.73. The third-order valence-electron chi connectivity index (χ3n) is 4.36. The molecule has 0 aliphatic carbocycles. The molecule has 1 N–H and O–H groups in total. The van der Waals surface area contributed by atoms with Gasteiger partial charge in [-0.2, -0.15) is 0 Å². The lowest BCUT2D eigenvalue weighted by atomic mass is 9.99. The number of rotatable bonds is 5. The molecule has 1 unspecified atom stereocenters. The molecule has 1 fully saturated rings. The van der Waals surface area contributed by atoms with Gasteiger partial charge >= 0.3 is 5.97 Å². The van der Waals surface area contributed by atoms with E-state index in [4.69, 9.17) is 0 Å². The fourth-order valence-electron chi connectivity index (χ4n) is 2.90. The predicted molar refractivity (Wildman–Crippen MR) is 79.0 cm³/mol. The first-order chi connectivity index (χ1) is 10.6. The van der Waals surface area contributed by atoms with E-state index in [0.29, 0.717) is 25.3 Å². The monoisotopic (exact) mass is 301 g/mol. The minimum Gasteiger partial charge on any atom is -0.480 e. The maximum atomic E-state index is 11.5. The van der Waals surface area contributed by atoms with Crippen molar-refractivity contribution in [3.05, 3.63) is 41.7 Å². The molecule has 0 amide bonds. The molecule has 0 bridgehead atoms. The highest BCUT2D eigenvalue weighted by Gasteiger charge is 2.43. The molecule has 1 atom stereocenters.